The maximum absolute atomic E-state index is 12.8. The van der Waals surface area contributed by atoms with Gasteiger partial charge in [0.05, 0.1) is 23.9 Å². The van der Waals surface area contributed by atoms with E-state index in [2.05, 4.69) is 47.7 Å². The van der Waals surface area contributed by atoms with Crippen molar-refractivity contribution in [2.75, 3.05) is 7.11 Å². The number of carbonyl (C=O) groups is 1. The predicted octanol–water partition coefficient (Wildman–Crippen LogP) is 6.06. The SMILES string of the molecule is CCc1cc(-c2ccc(C(=O)On3c(C)cc4cc(OC)ccc43)cc2)ccc1I. The lowest BCUT2D eigenvalue weighted by atomic mass is 10.0. The fourth-order valence-electron chi connectivity index (χ4n) is 3.51. The minimum atomic E-state index is -0.394. The summed E-state index contributed by atoms with van der Waals surface area (Å²) in [5.41, 5.74) is 5.72. The maximum Gasteiger partial charge on any atom is 0.363 e. The number of aromatic nitrogens is 1. The highest BCUT2D eigenvalue weighted by Gasteiger charge is 2.14. The Morgan fingerprint density at radius 1 is 0.967 bits per heavy atom. The molecule has 0 saturated heterocycles. The van der Waals surface area contributed by atoms with E-state index in [1.165, 1.54) is 9.13 Å². The average molecular weight is 511 g/mol. The molecule has 4 rings (SSSR count). The van der Waals surface area contributed by atoms with Crippen LogP contribution in [0.25, 0.3) is 22.0 Å². The molecule has 0 bridgehead atoms. The number of ether oxygens (including phenoxy) is 1. The van der Waals surface area contributed by atoms with Crippen molar-refractivity contribution in [2.45, 2.75) is 20.3 Å². The Morgan fingerprint density at radius 3 is 2.40 bits per heavy atom. The lowest BCUT2D eigenvalue weighted by Crippen LogP contribution is -2.20. The number of halogens is 1. The number of benzene rings is 3. The lowest BCUT2D eigenvalue weighted by Gasteiger charge is -2.10. The van der Waals surface area contributed by atoms with Crippen LogP contribution in [0.5, 0.6) is 5.75 Å². The summed E-state index contributed by atoms with van der Waals surface area (Å²) in [5, 5.41) is 0.959. The summed E-state index contributed by atoms with van der Waals surface area (Å²) in [4.78, 5) is 18.4. The second-order valence-corrected chi connectivity index (χ2v) is 8.28. The molecule has 0 unspecified atom stereocenters. The molecule has 30 heavy (non-hydrogen) atoms. The van der Waals surface area contributed by atoms with E-state index in [1.807, 2.05) is 55.5 Å². The molecule has 3 aromatic carbocycles. The summed E-state index contributed by atoms with van der Waals surface area (Å²) in [6.45, 7) is 4.06. The standard InChI is InChI=1S/C25H22INO3/c1-4-17-14-20(9-11-23(17)26)18-5-7-19(8-6-18)25(28)30-27-16(2)13-21-15-22(29-3)10-12-24(21)27/h5-15H,4H2,1-3H3. The van der Waals surface area contributed by atoms with Gasteiger partial charge in [-0.3, -0.25) is 0 Å². The van der Waals surface area contributed by atoms with Gasteiger partial charge in [-0.1, -0.05) is 31.2 Å². The second kappa shape index (κ2) is 8.52. The molecule has 0 atom stereocenters. The largest absolute Gasteiger partial charge is 0.497 e. The minimum absolute atomic E-state index is 0.394. The van der Waals surface area contributed by atoms with E-state index in [1.54, 1.807) is 11.8 Å². The van der Waals surface area contributed by atoms with Gasteiger partial charge in [0, 0.05) is 8.96 Å². The number of methoxy groups -OCH3 is 1. The molecule has 4 aromatic rings. The summed E-state index contributed by atoms with van der Waals surface area (Å²) >= 11 is 2.36. The highest BCUT2D eigenvalue weighted by atomic mass is 127. The summed E-state index contributed by atoms with van der Waals surface area (Å²) in [6, 6.07) is 21.6. The van der Waals surface area contributed by atoms with Crippen molar-refractivity contribution in [3.63, 3.8) is 0 Å². The smallest absolute Gasteiger partial charge is 0.363 e. The van der Waals surface area contributed by atoms with E-state index in [0.29, 0.717) is 5.56 Å². The van der Waals surface area contributed by atoms with Crippen molar-refractivity contribution in [3.05, 3.63) is 87.1 Å². The molecule has 1 heterocycles. The fourth-order valence-corrected chi connectivity index (χ4v) is 4.23. The topological polar surface area (TPSA) is 40.5 Å². The summed E-state index contributed by atoms with van der Waals surface area (Å²) in [6.07, 6.45) is 0.993. The van der Waals surface area contributed by atoms with Crippen LogP contribution in [0.4, 0.5) is 0 Å². The highest BCUT2D eigenvalue weighted by Crippen LogP contribution is 2.26. The van der Waals surface area contributed by atoms with Crippen LogP contribution in [0.3, 0.4) is 0 Å². The van der Waals surface area contributed by atoms with Gasteiger partial charge in [-0.15, -0.1) is 0 Å². The number of aryl methyl sites for hydroxylation is 2. The van der Waals surface area contributed by atoms with E-state index < -0.39 is 5.97 Å². The molecule has 0 spiro atoms. The molecule has 0 aliphatic heterocycles. The number of nitrogens with zero attached hydrogens (tertiary/aromatic N) is 1. The molecule has 0 radical (unpaired) electrons. The van der Waals surface area contributed by atoms with Gasteiger partial charge in [0.1, 0.15) is 5.75 Å². The zero-order valence-corrected chi connectivity index (χ0v) is 19.3. The first-order valence-electron chi connectivity index (χ1n) is 9.77. The number of fused-ring (bicyclic) bond motifs is 1. The van der Waals surface area contributed by atoms with Crippen molar-refractivity contribution in [1.82, 2.24) is 4.73 Å². The van der Waals surface area contributed by atoms with Crippen molar-refractivity contribution >= 4 is 39.5 Å². The van der Waals surface area contributed by atoms with Crippen molar-refractivity contribution in [3.8, 4) is 16.9 Å². The minimum Gasteiger partial charge on any atom is -0.497 e. The van der Waals surface area contributed by atoms with E-state index in [0.717, 1.165) is 39.9 Å². The molecule has 0 amide bonds. The Balaban J connectivity index is 1.58. The van der Waals surface area contributed by atoms with Gasteiger partial charge in [0.2, 0.25) is 0 Å². The van der Waals surface area contributed by atoms with Crippen molar-refractivity contribution in [1.29, 1.82) is 0 Å². The third kappa shape index (κ3) is 3.94. The van der Waals surface area contributed by atoms with E-state index >= 15 is 0 Å². The van der Waals surface area contributed by atoms with Gasteiger partial charge in [0.15, 0.2) is 0 Å². The average Bonchev–Trinajstić information content (AvgIpc) is 3.08. The Bertz CT molecular complexity index is 1230. The van der Waals surface area contributed by atoms with Crippen LogP contribution in [0.2, 0.25) is 0 Å². The van der Waals surface area contributed by atoms with Gasteiger partial charge in [-0.25, -0.2) is 4.79 Å². The van der Waals surface area contributed by atoms with Crippen LogP contribution in [-0.2, 0) is 6.42 Å². The summed E-state index contributed by atoms with van der Waals surface area (Å²) in [7, 11) is 1.63. The molecule has 0 aliphatic rings. The lowest BCUT2D eigenvalue weighted by molar-refractivity contribution is 0.0474. The Kier molecular flexibility index (Phi) is 5.81. The maximum atomic E-state index is 12.8. The van der Waals surface area contributed by atoms with Gasteiger partial charge in [0.25, 0.3) is 0 Å². The van der Waals surface area contributed by atoms with Crippen LogP contribution in [-0.4, -0.2) is 17.8 Å². The third-order valence-electron chi connectivity index (χ3n) is 5.19. The molecule has 4 nitrogen and oxygen atoms in total. The first-order chi connectivity index (χ1) is 14.5. The van der Waals surface area contributed by atoms with Crippen molar-refractivity contribution < 1.29 is 14.4 Å². The predicted molar refractivity (Wildman–Crippen MR) is 128 cm³/mol. The summed E-state index contributed by atoms with van der Waals surface area (Å²) in [5.74, 6) is 0.373. The van der Waals surface area contributed by atoms with Gasteiger partial charge < -0.3 is 9.57 Å². The Morgan fingerprint density at radius 2 is 1.70 bits per heavy atom. The number of hydrogen-bond acceptors (Lipinski definition) is 3. The molecule has 5 heteroatoms. The molecule has 1 aromatic heterocycles. The van der Waals surface area contributed by atoms with Crippen LogP contribution >= 0.6 is 22.6 Å². The van der Waals surface area contributed by atoms with E-state index in [4.69, 9.17) is 9.57 Å². The number of hydrogen-bond donors (Lipinski definition) is 0. The highest BCUT2D eigenvalue weighted by molar-refractivity contribution is 14.1. The number of rotatable bonds is 5. The molecule has 0 N–H and O–H groups in total. The van der Waals surface area contributed by atoms with E-state index in [-0.39, 0.29) is 0 Å². The van der Waals surface area contributed by atoms with Crippen LogP contribution in [0, 0.1) is 10.5 Å². The van der Waals surface area contributed by atoms with Crippen LogP contribution < -0.4 is 9.57 Å². The summed E-state index contributed by atoms with van der Waals surface area (Å²) < 4.78 is 8.11. The molecular formula is C25H22INO3. The third-order valence-corrected chi connectivity index (χ3v) is 6.25. The Labute approximate surface area is 189 Å². The van der Waals surface area contributed by atoms with Crippen molar-refractivity contribution in [2.24, 2.45) is 0 Å². The zero-order valence-electron chi connectivity index (χ0n) is 17.1. The van der Waals surface area contributed by atoms with Crippen LogP contribution in [0.15, 0.2) is 66.7 Å². The normalized spacial score (nSPS) is 10.9. The number of carbonyl (C=O) groups excluding carboxylic acids is 1. The molecule has 152 valence electrons. The zero-order chi connectivity index (χ0) is 21.3. The van der Waals surface area contributed by atoms with Crippen LogP contribution in [0.1, 0.15) is 28.5 Å². The molecule has 0 aliphatic carbocycles. The first kappa shape index (κ1) is 20.5. The van der Waals surface area contributed by atoms with Gasteiger partial charge >= 0.3 is 5.97 Å². The second-order valence-electron chi connectivity index (χ2n) is 7.12. The Hall–Kier alpha value is -2.80. The molecular weight excluding hydrogens is 489 g/mol. The van der Waals surface area contributed by atoms with Gasteiger partial charge in [-0.2, -0.15) is 4.73 Å². The fraction of sp³-hybridized carbons (Fsp3) is 0.160. The van der Waals surface area contributed by atoms with Gasteiger partial charge in [-0.05, 0) is 95.1 Å². The first-order valence-corrected chi connectivity index (χ1v) is 10.9. The molecule has 0 fully saturated rings. The monoisotopic (exact) mass is 511 g/mol. The van der Waals surface area contributed by atoms with E-state index in [9.17, 15) is 4.79 Å². The molecule has 0 saturated carbocycles. The quantitative estimate of drug-likeness (QED) is 0.306.